The van der Waals surface area contributed by atoms with E-state index >= 15 is 0 Å². The lowest BCUT2D eigenvalue weighted by atomic mass is 9.95. The Morgan fingerprint density at radius 1 is 1.19 bits per heavy atom. The molecule has 1 amide bonds. The largest absolute Gasteiger partial charge is 0.481 e. The van der Waals surface area contributed by atoms with E-state index < -0.39 is 11.9 Å². The molecule has 1 N–H and O–H groups in total. The molecule has 4 heteroatoms. The number of aliphatic carboxylic acids is 1. The van der Waals surface area contributed by atoms with Crippen molar-refractivity contribution in [2.24, 2.45) is 11.8 Å². The Morgan fingerprint density at radius 3 is 2.52 bits per heavy atom. The maximum atomic E-state index is 12.4. The van der Waals surface area contributed by atoms with Crippen molar-refractivity contribution in [3.05, 3.63) is 35.9 Å². The molecule has 1 aliphatic rings. The van der Waals surface area contributed by atoms with Crippen LogP contribution in [-0.4, -0.2) is 35.5 Å². The van der Waals surface area contributed by atoms with Gasteiger partial charge in [-0.15, -0.1) is 0 Å². The highest BCUT2D eigenvalue weighted by atomic mass is 16.4. The maximum Gasteiger partial charge on any atom is 0.307 e. The fourth-order valence-electron chi connectivity index (χ4n) is 3.11. The zero-order chi connectivity index (χ0) is 15.2. The molecule has 0 spiro atoms. The Hall–Kier alpha value is -1.84. The second-order valence-corrected chi connectivity index (χ2v) is 5.83. The van der Waals surface area contributed by atoms with Gasteiger partial charge in [-0.05, 0) is 31.2 Å². The van der Waals surface area contributed by atoms with Gasteiger partial charge in [0.2, 0.25) is 5.91 Å². The van der Waals surface area contributed by atoms with Crippen LogP contribution in [0, 0.1) is 11.8 Å². The Balaban J connectivity index is 1.81. The second kappa shape index (κ2) is 7.25. The topological polar surface area (TPSA) is 57.6 Å². The first kappa shape index (κ1) is 15.5. The van der Waals surface area contributed by atoms with Gasteiger partial charge in [-0.2, -0.15) is 0 Å². The third-order valence-corrected chi connectivity index (χ3v) is 4.33. The van der Waals surface area contributed by atoms with Gasteiger partial charge in [0, 0.05) is 13.6 Å². The van der Waals surface area contributed by atoms with E-state index in [4.69, 9.17) is 5.11 Å². The van der Waals surface area contributed by atoms with Crippen LogP contribution in [0.1, 0.15) is 31.2 Å². The first-order valence-electron chi connectivity index (χ1n) is 7.61. The van der Waals surface area contributed by atoms with Gasteiger partial charge in [-0.3, -0.25) is 9.59 Å². The number of hydrogen-bond donors (Lipinski definition) is 1. The average molecular weight is 289 g/mol. The van der Waals surface area contributed by atoms with Gasteiger partial charge < -0.3 is 10.0 Å². The number of carboxylic acids is 1. The van der Waals surface area contributed by atoms with Crippen molar-refractivity contribution in [1.82, 2.24) is 4.90 Å². The zero-order valence-electron chi connectivity index (χ0n) is 12.5. The highest BCUT2D eigenvalue weighted by molar-refractivity contribution is 5.85. The average Bonchev–Trinajstić information content (AvgIpc) is 2.97. The quantitative estimate of drug-likeness (QED) is 0.875. The minimum Gasteiger partial charge on any atom is -0.481 e. The van der Waals surface area contributed by atoms with Crippen molar-refractivity contribution in [1.29, 1.82) is 0 Å². The molecule has 2 atom stereocenters. The summed E-state index contributed by atoms with van der Waals surface area (Å²) in [6, 6.07) is 10.2. The zero-order valence-corrected chi connectivity index (χ0v) is 12.5. The van der Waals surface area contributed by atoms with Crippen LogP contribution in [0.3, 0.4) is 0 Å². The minimum absolute atomic E-state index is 0.00652. The summed E-state index contributed by atoms with van der Waals surface area (Å²) >= 11 is 0. The molecule has 0 aliphatic heterocycles. The highest BCUT2D eigenvalue weighted by Crippen LogP contribution is 2.33. The van der Waals surface area contributed by atoms with Crippen molar-refractivity contribution >= 4 is 11.9 Å². The van der Waals surface area contributed by atoms with Crippen LogP contribution < -0.4 is 0 Å². The van der Waals surface area contributed by atoms with E-state index in [0.29, 0.717) is 19.4 Å². The number of carbonyl (C=O) groups excluding carboxylic acids is 1. The summed E-state index contributed by atoms with van der Waals surface area (Å²) in [5, 5.41) is 9.17. The van der Waals surface area contributed by atoms with E-state index in [1.165, 1.54) is 5.56 Å². The molecule has 0 bridgehead atoms. The van der Waals surface area contributed by atoms with Gasteiger partial charge in [0.25, 0.3) is 0 Å². The minimum atomic E-state index is -0.830. The number of rotatable bonds is 6. The first-order valence-corrected chi connectivity index (χ1v) is 7.61. The molecule has 0 saturated heterocycles. The van der Waals surface area contributed by atoms with Crippen molar-refractivity contribution < 1.29 is 14.7 Å². The molecule has 1 fully saturated rings. The van der Waals surface area contributed by atoms with Gasteiger partial charge in [0.15, 0.2) is 0 Å². The van der Waals surface area contributed by atoms with Gasteiger partial charge in [-0.1, -0.05) is 36.8 Å². The van der Waals surface area contributed by atoms with Crippen LogP contribution >= 0.6 is 0 Å². The molecule has 1 aromatic carbocycles. The number of hydrogen-bond acceptors (Lipinski definition) is 2. The summed E-state index contributed by atoms with van der Waals surface area (Å²) in [6.45, 7) is 0.677. The summed E-state index contributed by atoms with van der Waals surface area (Å²) in [4.78, 5) is 25.2. The molecule has 0 radical (unpaired) electrons. The SMILES string of the molecule is CN(CCCc1ccccc1)C(=O)[C@@H]1CCC[C@@H]1C(=O)O. The Bertz CT molecular complexity index is 486. The Kier molecular flexibility index (Phi) is 5.37. The normalized spacial score (nSPS) is 21.2. The van der Waals surface area contributed by atoms with E-state index in [-0.39, 0.29) is 11.8 Å². The van der Waals surface area contributed by atoms with Crippen LogP contribution in [0.5, 0.6) is 0 Å². The van der Waals surface area contributed by atoms with Crippen LogP contribution in [-0.2, 0) is 16.0 Å². The lowest BCUT2D eigenvalue weighted by molar-refractivity contribution is -0.148. The fraction of sp³-hybridized carbons (Fsp3) is 0.529. The number of nitrogens with zero attached hydrogens (tertiary/aromatic N) is 1. The van der Waals surface area contributed by atoms with Crippen LogP contribution in [0.4, 0.5) is 0 Å². The number of benzene rings is 1. The van der Waals surface area contributed by atoms with Crippen LogP contribution in [0.2, 0.25) is 0 Å². The molecule has 0 heterocycles. The lowest BCUT2D eigenvalue weighted by Gasteiger charge is -2.23. The van der Waals surface area contributed by atoms with Gasteiger partial charge in [0.1, 0.15) is 0 Å². The van der Waals surface area contributed by atoms with Gasteiger partial charge in [0.05, 0.1) is 11.8 Å². The molecule has 1 aromatic rings. The molecule has 2 rings (SSSR count). The number of carbonyl (C=O) groups is 2. The predicted molar refractivity (Wildman–Crippen MR) is 80.9 cm³/mol. The fourth-order valence-corrected chi connectivity index (χ4v) is 3.11. The highest BCUT2D eigenvalue weighted by Gasteiger charge is 2.38. The third-order valence-electron chi connectivity index (χ3n) is 4.33. The van der Waals surface area contributed by atoms with E-state index in [0.717, 1.165) is 19.3 Å². The summed E-state index contributed by atoms with van der Waals surface area (Å²) in [6.07, 6.45) is 4.01. The van der Waals surface area contributed by atoms with E-state index in [1.54, 1.807) is 11.9 Å². The summed E-state index contributed by atoms with van der Waals surface area (Å²) in [5.41, 5.74) is 1.27. The molecular weight excluding hydrogens is 266 g/mol. The maximum absolute atomic E-state index is 12.4. The summed E-state index contributed by atoms with van der Waals surface area (Å²) < 4.78 is 0. The third kappa shape index (κ3) is 4.06. The standard InChI is InChI=1S/C17H23NO3/c1-18(12-6-9-13-7-3-2-4-8-13)16(19)14-10-5-11-15(14)17(20)21/h2-4,7-8,14-15H,5-6,9-12H2,1H3,(H,20,21)/t14-,15+/m1/s1. The number of aryl methyl sites for hydroxylation is 1. The molecule has 1 aliphatic carbocycles. The molecule has 0 aromatic heterocycles. The monoisotopic (exact) mass is 289 g/mol. The number of amides is 1. The van der Waals surface area contributed by atoms with Crippen molar-refractivity contribution in [3.8, 4) is 0 Å². The number of carboxylic acid groups (broad SMARTS) is 1. The Labute approximate surface area is 125 Å². The van der Waals surface area contributed by atoms with E-state index in [2.05, 4.69) is 12.1 Å². The second-order valence-electron chi connectivity index (χ2n) is 5.83. The van der Waals surface area contributed by atoms with Crippen molar-refractivity contribution in [2.45, 2.75) is 32.1 Å². The van der Waals surface area contributed by atoms with E-state index in [1.807, 2.05) is 18.2 Å². The molecular formula is C17H23NO3. The predicted octanol–water partition coefficient (Wildman–Crippen LogP) is 2.58. The molecule has 1 saturated carbocycles. The van der Waals surface area contributed by atoms with Gasteiger partial charge in [-0.25, -0.2) is 0 Å². The lowest BCUT2D eigenvalue weighted by Crippen LogP contribution is -2.37. The first-order chi connectivity index (χ1) is 10.1. The van der Waals surface area contributed by atoms with E-state index in [9.17, 15) is 9.59 Å². The van der Waals surface area contributed by atoms with Crippen molar-refractivity contribution in [3.63, 3.8) is 0 Å². The van der Waals surface area contributed by atoms with Crippen molar-refractivity contribution in [2.75, 3.05) is 13.6 Å². The Morgan fingerprint density at radius 2 is 1.86 bits per heavy atom. The van der Waals surface area contributed by atoms with Crippen LogP contribution in [0.25, 0.3) is 0 Å². The van der Waals surface area contributed by atoms with Crippen LogP contribution in [0.15, 0.2) is 30.3 Å². The summed E-state index contributed by atoms with van der Waals surface area (Å²) in [7, 11) is 1.78. The smallest absolute Gasteiger partial charge is 0.307 e. The molecule has 0 unspecified atom stereocenters. The molecule has 114 valence electrons. The molecule has 21 heavy (non-hydrogen) atoms. The summed E-state index contributed by atoms with van der Waals surface area (Å²) in [5.74, 6) is -1.66. The van der Waals surface area contributed by atoms with Gasteiger partial charge >= 0.3 is 5.97 Å². The molecule has 4 nitrogen and oxygen atoms in total.